The molecule has 0 radical (unpaired) electrons. The van der Waals surface area contributed by atoms with Gasteiger partial charge in [-0.15, -0.1) is 0 Å². The van der Waals surface area contributed by atoms with Gasteiger partial charge < -0.3 is 0 Å². The Morgan fingerprint density at radius 1 is 1.08 bits per heavy atom. The number of hydrogen-bond donors (Lipinski definition) is 0. The molecule has 13 heavy (non-hydrogen) atoms. The van der Waals surface area contributed by atoms with Crippen LogP contribution in [0.25, 0.3) is 0 Å². The van der Waals surface area contributed by atoms with Crippen LogP contribution in [0.5, 0.6) is 0 Å². The lowest BCUT2D eigenvalue weighted by molar-refractivity contribution is 1.05. The van der Waals surface area contributed by atoms with E-state index < -0.39 is 0 Å². The van der Waals surface area contributed by atoms with Gasteiger partial charge >= 0.3 is 0 Å². The first-order valence-electron chi connectivity index (χ1n) is 4.41. The Labute approximate surface area is 97.0 Å². The van der Waals surface area contributed by atoms with Crippen LogP contribution in [0, 0.1) is 6.92 Å². The fourth-order valence-corrected chi connectivity index (χ4v) is 2.11. The second-order valence-corrected chi connectivity index (χ2v) is 6.10. The van der Waals surface area contributed by atoms with Crippen molar-refractivity contribution in [1.29, 1.82) is 0 Å². The lowest BCUT2D eigenvalue weighted by Crippen LogP contribution is -1.92. The lowest BCUT2D eigenvalue weighted by Gasteiger charge is -2.12. The molecule has 0 fully saturated rings. The van der Waals surface area contributed by atoms with Crippen LogP contribution >= 0.6 is 31.9 Å². The Bertz CT molecular complexity index is 290. The van der Waals surface area contributed by atoms with Crippen molar-refractivity contribution >= 4 is 31.9 Å². The van der Waals surface area contributed by atoms with Gasteiger partial charge in [-0.2, -0.15) is 0 Å². The van der Waals surface area contributed by atoms with Gasteiger partial charge in [-0.05, 0) is 37.5 Å². The number of halogens is 2. The number of benzene rings is 1. The van der Waals surface area contributed by atoms with Crippen molar-refractivity contribution in [2.45, 2.75) is 30.4 Å². The zero-order chi connectivity index (χ0) is 10.0. The Balaban J connectivity index is 3.11. The van der Waals surface area contributed by atoms with Crippen molar-refractivity contribution in [3.8, 4) is 0 Å². The fraction of sp³-hybridized carbons (Fsp3) is 0.455. The molecular weight excluding hydrogens is 292 g/mol. The van der Waals surface area contributed by atoms with Gasteiger partial charge in [-0.3, -0.25) is 0 Å². The third kappa shape index (κ3) is 2.81. The maximum Gasteiger partial charge on any atom is 0.0369 e. The highest BCUT2D eigenvalue weighted by molar-refractivity contribution is 9.09. The van der Waals surface area contributed by atoms with Crippen LogP contribution in [0.3, 0.4) is 0 Å². The van der Waals surface area contributed by atoms with Crippen molar-refractivity contribution in [2.24, 2.45) is 0 Å². The van der Waals surface area contributed by atoms with E-state index in [1.165, 1.54) is 16.7 Å². The Kier molecular flexibility index (Phi) is 3.99. The monoisotopic (exact) mass is 304 g/mol. The minimum atomic E-state index is 0.429. The topological polar surface area (TPSA) is 0 Å². The predicted octanol–water partition coefficient (Wildman–Crippen LogP) is 4.91. The minimum absolute atomic E-state index is 0.429. The molecule has 72 valence electrons. The predicted molar refractivity (Wildman–Crippen MR) is 65.9 cm³/mol. The first-order chi connectivity index (χ1) is 6.02. The Morgan fingerprint density at radius 2 is 1.69 bits per heavy atom. The average Bonchev–Trinajstić information content (AvgIpc) is 2.04. The third-order valence-electron chi connectivity index (χ3n) is 2.19. The lowest BCUT2D eigenvalue weighted by atomic mass is 10.0. The molecule has 0 saturated heterocycles. The van der Waals surface area contributed by atoms with Crippen LogP contribution in [0.15, 0.2) is 18.2 Å². The molecule has 1 aromatic rings. The fourth-order valence-electron chi connectivity index (χ4n) is 1.33. The zero-order valence-electron chi connectivity index (χ0n) is 8.14. The van der Waals surface area contributed by atoms with Crippen molar-refractivity contribution < 1.29 is 0 Å². The normalized spacial score (nSPS) is 15.5. The highest BCUT2D eigenvalue weighted by Gasteiger charge is 2.07. The van der Waals surface area contributed by atoms with E-state index in [1.807, 2.05) is 0 Å². The van der Waals surface area contributed by atoms with Crippen LogP contribution in [0.2, 0.25) is 0 Å². The summed E-state index contributed by atoms with van der Waals surface area (Å²) in [4.78, 5) is 0.858. The van der Waals surface area contributed by atoms with Gasteiger partial charge in [-0.25, -0.2) is 0 Å². The summed E-state index contributed by atoms with van der Waals surface area (Å²) in [6.07, 6.45) is 0. The van der Waals surface area contributed by atoms with E-state index in [2.05, 4.69) is 70.8 Å². The molecule has 2 heteroatoms. The van der Waals surface area contributed by atoms with Gasteiger partial charge in [0.15, 0.2) is 0 Å². The van der Waals surface area contributed by atoms with E-state index in [0.29, 0.717) is 9.65 Å². The van der Waals surface area contributed by atoms with Gasteiger partial charge in [0.25, 0.3) is 0 Å². The van der Waals surface area contributed by atoms with Gasteiger partial charge in [0.05, 0.1) is 0 Å². The van der Waals surface area contributed by atoms with Crippen LogP contribution in [0.4, 0.5) is 0 Å². The highest BCUT2D eigenvalue weighted by Crippen LogP contribution is 2.30. The van der Waals surface area contributed by atoms with Crippen molar-refractivity contribution in [2.75, 3.05) is 0 Å². The maximum absolute atomic E-state index is 3.60. The van der Waals surface area contributed by atoms with Gasteiger partial charge in [-0.1, -0.05) is 50.1 Å². The maximum atomic E-state index is 3.60. The summed E-state index contributed by atoms with van der Waals surface area (Å²) in [5.74, 6) is 0. The molecule has 2 atom stereocenters. The SMILES string of the molecule is Cc1ccc(C(C)Br)cc1C(C)Br. The average molecular weight is 306 g/mol. The quantitative estimate of drug-likeness (QED) is 0.681. The molecule has 0 saturated carbocycles. The van der Waals surface area contributed by atoms with Gasteiger partial charge in [0, 0.05) is 9.65 Å². The summed E-state index contributed by atoms with van der Waals surface area (Å²) in [5, 5.41) is 0. The Hall–Kier alpha value is 0.180. The second-order valence-electron chi connectivity index (χ2n) is 3.35. The first kappa shape index (κ1) is 11.3. The molecule has 0 N–H and O–H groups in total. The molecule has 0 bridgehead atoms. The van der Waals surface area contributed by atoms with Gasteiger partial charge in [0.1, 0.15) is 0 Å². The molecule has 0 heterocycles. The third-order valence-corrected chi connectivity index (χ3v) is 3.21. The molecule has 1 rings (SSSR count). The number of aryl methyl sites for hydroxylation is 1. The molecule has 0 aliphatic heterocycles. The molecule has 0 amide bonds. The smallest absolute Gasteiger partial charge is 0.0369 e. The van der Waals surface area contributed by atoms with E-state index in [0.717, 1.165) is 0 Å². The number of rotatable bonds is 2. The molecule has 0 nitrogen and oxygen atoms in total. The van der Waals surface area contributed by atoms with Crippen LogP contribution in [0.1, 0.15) is 40.2 Å². The number of hydrogen-bond acceptors (Lipinski definition) is 0. The molecule has 0 aliphatic carbocycles. The molecule has 0 aliphatic rings. The molecule has 1 aromatic carbocycles. The van der Waals surface area contributed by atoms with Gasteiger partial charge in [0.2, 0.25) is 0 Å². The first-order valence-corrected chi connectivity index (χ1v) is 6.24. The summed E-state index contributed by atoms with van der Waals surface area (Å²) < 4.78 is 0. The van der Waals surface area contributed by atoms with E-state index in [1.54, 1.807) is 0 Å². The summed E-state index contributed by atoms with van der Waals surface area (Å²) in [7, 11) is 0. The second kappa shape index (κ2) is 4.61. The molecular formula is C11H14Br2. The number of alkyl halides is 2. The Morgan fingerprint density at radius 3 is 2.15 bits per heavy atom. The summed E-state index contributed by atoms with van der Waals surface area (Å²) in [6.45, 7) is 6.45. The molecule has 0 aromatic heterocycles. The van der Waals surface area contributed by atoms with Crippen molar-refractivity contribution in [3.63, 3.8) is 0 Å². The van der Waals surface area contributed by atoms with Crippen molar-refractivity contribution in [3.05, 3.63) is 34.9 Å². The summed E-state index contributed by atoms with van der Waals surface area (Å²) in [6, 6.07) is 6.61. The van der Waals surface area contributed by atoms with E-state index in [-0.39, 0.29) is 0 Å². The van der Waals surface area contributed by atoms with E-state index >= 15 is 0 Å². The zero-order valence-corrected chi connectivity index (χ0v) is 11.3. The summed E-state index contributed by atoms with van der Waals surface area (Å²) >= 11 is 7.18. The molecule has 0 spiro atoms. The molecule has 2 unspecified atom stereocenters. The minimum Gasteiger partial charge on any atom is -0.0842 e. The highest BCUT2D eigenvalue weighted by atomic mass is 79.9. The van der Waals surface area contributed by atoms with E-state index in [9.17, 15) is 0 Å². The summed E-state index contributed by atoms with van der Waals surface area (Å²) in [5.41, 5.74) is 4.07. The van der Waals surface area contributed by atoms with Crippen LogP contribution in [-0.2, 0) is 0 Å². The van der Waals surface area contributed by atoms with Crippen molar-refractivity contribution in [1.82, 2.24) is 0 Å². The van der Waals surface area contributed by atoms with Crippen LogP contribution in [-0.4, -0.2) is 0 Å². The largest absolute Gasteiger partial charge is 0.0842 e. The van der Waals surface area contributed by atoms with E-state index in [4.69, 9.17) is 0 Å². The van der Waals surface area contributed by atoms with Crippen LogP contribution < -0.4 is 0 Å². The standard InChI is InChI=1S/C11H14Br2/c1-7-4-5-10(8(2)12)6-11(7)9(3)13/h4-6,8-9H,1-3H3.